The highest BCUT2D eigenvalue weighted by atomic mass is 16.5. The van der Waals surface area contributed by atoms with Crippen molar-refractivity contribution in [2.24, 2.45) is 5.41 Å². The van der Waals surface area contributed by atoms with Gasteiger partial charge in [0.2, 0.25) is 0 Å². The van der Waals surface area contributed by atoms with Gasteiger partial charge in [0.25, 0.3) is 5.91 Å². The molecule has 7 heteroatoms. The molecular formula is C25H29N3O4. The number of aromatic nitrogens is 2. The number of carbonyl (C=O) groups is 1. The minimum atomic E-state index is -0.517. The van der Waals surface area contributed by atoms with Gasteiger partial charge >= 0.3 is 0 Å². The van der Waals surface area contributed by atoms with Gasteiger partial charge in [-0.25, -0.2) is 4.98 Å². The van der Waals surface area contributed by atoms with Gasteiger partial charge in [-0.3, -0.25) is 4.79 Å². The van der Waals surface area contributed by atoms with Crippen LogP contribution in [-0.4, -0.2) is 41.8 Å². The topological polar surface area (TPSA) is 65.8 Å². The molecule has 32 heavy (non-hydrogen) atoms. The third-order valence-electron chi connectivity index (χ3n) is 5.19. The molecule has 1 amide bonds. The first-order chi connectivity index (χ1) is 15.3. The van der Waals surface area contributed by atoms with Gasteiger partial charge in [0, 0.05) is 42.8 Å². The first-order valence-corrected chi connectivity index (χ1v) is 10.7. The minimum absolute atomic E-state index is 0.0378. The second-order valence-electron chi connectivity index (χ2n) is 9.03. The van der Waals surface area contributed by atoms with Gasteiger partial charge in [-0.05, 0) is 41.8 Å². The fraction of sp³-hybridized carbons (Fsp3) is 0.360. The van der Waals surface area contributed by atoms with Gasteiger partial charge in [-0.15, -0.1) is 0 Å². The molecule has 0 radical (unpaired) electrons. The zero-order valence-corrected chi connectivity index (χ0v) is 18.9. The van der Waals surface area contributed by atoms with Crippen molar-refractivity contribution in [3.05, 3.63) is 61.2 Å². The first-order valence-electron chi connectivity index (χ1n) is 10.7. The Morgan fingerprint density at radius 3 is 2.47 bits per heavy atom. The van der Waals surface area contributed by atoms with Crippen LogP contribution in [0.5, 0.6) is 17.2 Å². The normalized spacial score (nSPS) is 16.3. The van der Waals surface area contributed by atoms with Gasteiger partial charge < -0.3 is 23.7 Å². The molecule has 3 aromatic rings. The summed E-state index contributed by atoms with van der Waals surface area (Å²) >= 11 is 0. The summed E-state index contributed by atoms with van der Waals surface area (Å²) in [6, 6.07) is 13.2. The van der Waals surface area contributed by atoms with E-state index in [-0.39, 0.29) is 11.3 Å². The van der Waals surface area contributed by atoms with Crippen molar-refractivity contribution in [2.75, 3.05) is 25.2 Å². The van der Waals surface area contributed by atoms with Crippen molar-refractivity contribution in [3.8, 4) is 22.9 Å². The molecule has 2 heterocycles. The van der Waals surface area contributed by atoms with Crippen molar-refractivity contribution < 1.29 is 19.0 Å². The molecular weight excluding hydrogens is 406 g/mol. The lowest BCUT2D eigenvalue weighted by Crippen LogP contribution is -2.32. The Bertz CT molecular complexity index is 1060. The molecule has 1 atom stereocenters. The number of benzene rings is 2. The number of amides is 1. The van der Waals surface area contributed by atoms with E-state index in [1.807, 2.05) is 53.2 Å². The third kappa shape index (κ3) is 4.88. The van der Waals surface area contributed by atoms with Gasteiger partial charge in [0.15, 0.2) is 17.6 Å². The number of nitrogens with zero attached hydrogens (tertiary/aromatic N) is 3. The quantitative estimate of drug-likeness (QED) is 0.547. The zero-order valence-electron chi connectivity index (χ0n) is 18.9. The SMILES string of the molecule is COc1cc(N2CCC(Oc3ccc(-n4ccnc4)cc3)C2=O)ccc1OCC(C)(C)C. The van der Waals surface area contributed by atoms with E-state index < -0.39 is 6.10 Å². The standard InChI is InChI=1S/C25H29N3O4/c1-25(2,3)16-31-21-10-7-19(15-23(21)30-4)28-13-11-22(24(28)29)32-20-8-5-18(6-9-20)27-14-12-26-17-27/h5-10,12,14-15,17,22H,11,13,16H2,1-4H3. The van der Waals surface area contributed by atoms with Crippen molar-refractivity contribution in [1.82, 2.24) is 9.55 Å². The van der Waals surface area contributed by atoms with Crippen LogP contribution < -0.4 is 19.1 Å². The summed E-state index contributed by atoms with van der Waals surface area (Å²) < 4.78 is 19.3. The van der Waals surface area contributed by atoms with E-state index in [0.29, 0.717) is 36.8 Å². The molecule has 1 aliphatic rings. The van der Waals surface area contributed by atoms with E-state index in [4.69, 9.17) is 14.2 Å². The largest absolute Gasteiger partial charge is 0.493 e. The Morgan fingerprint density at radius 2 is 1.81 bits per heavy atom. The molecule has 2 aromatic carbocycles. The first kappa shape index (κ1) is 21.7. The predicted molar refractivity (Wildman–Crippen MR) is 123 cm³/mol. The van der Waals surface area contributed by atoms with Gasteiger partial charge in [-0.1, -0.05) is 20.8 Å². The molecule has 4 rings (SSSR count). The highest BCUT2D eigenvalue weighted by Crippen LogP contribution is 2.35. The van der Waals surface area contributed by atoms with Crippen LogP contribution in [0.2, 0.25) is 0 Å². The summed E-state index contributed by atoms with van der Waals surface area (Å²) in [4.78, 5) is 18.8. The van der Waals surface area contributed by atoms with Crippen LogP contribution in [0.1, 0.15) is 27.2 Å². The van der Waals surface area contributed by atoms with Crippen molar-refractivity contribution >= 4 is 11.6 Å². The molecule has 0 aliphatic carbocycles. The van der Waals surface area contributed by atoms with Crippen LogP contribution in [0.25, 0.3) is 5.69 Å². The van der Waals surface area contributed by atoms with E-state index in [0.717, 1.165) is 11.4 Å². The van der Waals surface area contributed by atoms with E-state index >= 15 is 0 Å². The van der Waals surface area contributed by atoms with Crippen LogP contribution >= 0.6 is 0 Å². The summed E-state index contributed by atoms with van der Waals surface area (Å²) in [6.07, 6.45) is 5.45. The number of hydrogen-bond acceptors (Lipinski definition) is 5. The summed E-state index contributed by atoms with van der Waals surface area (Å²) in [5, 5.41) is 0. The van der Waals surface area contributed by atoms with Crippen LogP contribution in [0.3, 0.4) is 0 Å². The Kier molecular flexibility index (Phi) is 6.08. The maximum Gasteiger partial charge on any atom is 0.268 e. The molecule has 0 saturated carbocycles. The molecule has 0 N–H and O–H groups in total. The van der Waals surface area contributed by atoms with E-state index in [1.54, 1.807) is 24.5 Å². The molecule has 1 unspecified atom stereocenters. The van der Waals surface area contributed by atoms with Crippen LogP contribution in [0, 0.1) is 5.41 Å². The number of hydrogen-bond donors (Lipinski definition) is 0. The number of ether oxygens (including phenoxy) is 3. The summed E-state index contributed by atoms with van der Waals surface area (Å²) in [7, 11) is 1.61. The van der Waals surface area contributed by atoms with Crippen molar-refractivity contribution in [3.63, 3.8) is 0 Å². The number of imidazole rings is 1. The van der Waals surface area contributed by atoms with Gasteiger partial charge in [-0.2, -0.15) is 0 Å². The molecule has 168 valence electrons. The zero-order chi connectivity index (χ0) is 22.7. The number of anilines is 1. The van der Waals surface area contributed by atoms with Crippen LogP contribution in [0.15, 0.2) is 61.2 Å². The monoisotopic (exact) mass is 435 g/mol. The molecule has 1 fully saturated rings. The Balaban J connectivity index is 1.42. The predicted octanol–water partition coefficient (Wildman–Crippen LogP) is 4.49. The van der Waals surface area contributed by atoms with Crippen molar-refractivity contribution in [2.45, 2.75) is 33.3 Å². The van der Waals surface area contributed by atoms with E-state index in [2.05, 4.69) is 25.8 Å². The second-order valence-corrected chi connectivity index (χ2v) is 9.03. The van der Waals surface area contributed by atoms with Crippen LogP contribution in [0.4, 0.5) is 5.69 Å². The average molecular weight is 436 g/mol. The lowest BCUT2D eigenvalue weighted by atomic mass is 9.99. The third-order valence-corrected chi connectivity index (χ3v) is 5.19. The summed E-state index contributed by atoms with van der Waals surface area (Å²) in [6.45, 7) is 7.50. The Labute approximate surface area is 188 Å². The molecule has 0 spiro atoms. The van der Waals surface area contributed by atoms with Gasteiger partial charge in [0.1, 0.15) is 5.75 Å². The lowest BCUT2D eigenvalue weighted by Gasteiger charge is -2.22. The van der Waals surface area contributed by atoms with Gasteiger partial charge in [0.05, 0.1) is 20.0 Å². The second kappa shape index (κ2) is 8.94. The maximum absolute atomic E-state index is 13.0. The average Bonchev–Trinajstić information content (AvgIpc) is 3.43. The summed E-state index contributed by atoms with van der Waals surface area (Å²) in [5.74, 6) is 1.88. The maximum atomic E-state index is 13.0. The molecule has 0 bridgehead atoms. The van der Waals surface area contributed by atoms with E-state index in [9.17, 15) is 4.79 Å². The Morgan fingerprint density at radius 1 is 1.06 bits per heavy atom. The number of rotatable bonds is 7. The number of methoxy groups -OCH3 is 1. The fourth-order valence-corrected chi connectivity index (χ4v) is 3.53. The fourth-order valence-electron chi connectivity index (χ4n) is 3.53. The van der Waals surface area contributed by atoms with Crippen molar-refractivity contribution in [1.29, 1.82) is 0 Å². The highest BCUT2D eigenvalue weighted by molar-refractivity contribution is 5.99. The number of carbonyl (C=O) groups excluding carboxylic acids is 1. The minimum Gasteiger partial charge on any atom is -0.493 e. The summed E-state index contributed by atoms with van der Waals surface area (Å²) in [5.41, 5.74) is 1.79. The molecule has 1 aliphatic heterocycles. The highest BCUT2D eigenvalue weighted by Gasteiger charge is 2.34. The lowest BCUT2D eigenvalue weighted by molar-refractivity contribution is -0.122. The van der Waals surface area contributed by atoms with E-state index in [1.165, 1.54) is 0 Å². The molecule has 1 saturated heterocycles. The van der Waals surface area contributed by atoms with Crippen LogP contribution in [-0.2, 0) is 4.79 Å². The molecule has 1 aromatic heterocycles. The molecule has 7 nitrogen and oxygen atoms in total. The smallest absolute Gasteiger partial charge is 0.268 e. The Hall–Kier alpha value is -3.48.